The van der Waals surface area contributed by atoms with E-state index in [4.69, 9.17) is 0 Å². The van der Waals surface area contributed by atoms with E-state index >= 15 is 0 Å². The molecule has 0 radical (unpaired) electrons. The number of hydrogen-bond acceptors (Lipinski definition) is 2. The summed E-state index contributed by atoms with van der Waals surface area (Å²) in [4.78, 5) is 29.9. The predicted octanol–water partition coefficient (Wildman–Crippen LogP) is 5.15. The number of urea groups is 1. The van der Waals surface area contributed by atoms with E-state index < -0.39 is 17.7 Å². The van der Waals surface area contributed by atoms with Gasteiger partial charge in [-0.25, -0.2) is 13.6 Å². The first-order valence-electron chi connectivity index (χ1n) is 11.6. The van der Waals surface area contributed by atoms with E-state index in [2.05, 4.69) is 5.32 Å². The fourth-order valence-electron chi connectivity index (χ4n) is 4.33. The molecular weight excluding hydrogens is 426 g/mol. The highest BCUT2D eigenvalue weighted by Gasteiger charge is 2.30. The number of aromatic nitrogens is 1. The predicted molar refractivity (Wildman–Crippen MR) is 125 cm³/mol. The topological polar surface area (TPSA) is 57.6 Å². The fraction of sp³-hybridized carbons (Fsp3) is 0.520. The summed E-state index contributed by atoms with van der Waals surface area (Å²) in [6, 6.07) is 6.31. The number of anilines is 1. The zero-order valence-corrected chi connectivity index (χ0v) is 19.7. The Labute approximate surface area is 194 Å². The minimum atomic E-state index is -0.844. The van der Waals surface area contributed by atoms with E-state index in [-0.39, 0.29) is 30.1 Å². The number of carbonyl (C=O) groups is 2. The number of halogens is 2. The number of nitrogens with one attached hydrogen (secondary N) is 1. The van der Waals surface area contributed by atoms with E-state index in [0.717, 1.165) is 49.9 Å². The molecular formula is C25H34F2N4O2. The van der Waals surface area contributed by atoms with Gasteiger partial charge in [0.15, 0.2) is 0 Å². The zero-order chi connectivity index (χ0) is 24.0. The minimum Gasteiger partial charge on any atom is -0.353 e. The summed E-state index contributed by atoms with van der Waals surface area (Å²) in [5.41, 5.74) is 0.906. The maximum atomic E-state index is 14.1. The molecule has 1 fully saturated rings. The van der Waals surface area contributed by atoms with Crippen LogP contribution in [0.25, 0.3) is 0 Å². The van der Waals surface area contributed by atoms with Gasteiger partial charge in [-0.1, -0.05) is 33.1 Å². The van der Waals surface area contributed by atoms with Crippen LogP contribution in [0.5, 0.6) is 0 Å². The van der Waals surface area contributed by atoms with Crippen molar-refractivity contribution < 1.29 is 18.4 Å². The van der Waals surface area contributed by atoms with Crippen LogP contribution in [-0.4, -0.2) is 45.4 Å². The molecule has 0 spiro atoms. The number of benzene rings is 1. The lowest BCUT2D eigenvalue weighted by Gasteiger charge is -2.35. The van der Waals surface area contributed by atoms with E-state index in [1.165, 1.54) is 11.0 Å². The quantitative estimate of drug-likeness (QED) is 0.592. The van der Waals surface area contributed by atoms with Gasteiger partial charge in [-0.2, -0.15) is 0 Å². The molecule has 33 heavy (non-hydrogen) atoms. The standard InChI is InChI=1S/C25H34F2N4O2/c1-18(2)15-30(16-21-10-7-13-29(21)3)24(32)17-31(20-8-5-4-6-9-20)25(33)28-23-12-11-19(26)14-22(23)27/h7,10-14,18,20H,4-6,8-9,15-17H2,1-3H3,(H,28,33). The third-order valence-electron chi connectivity index (χ3n) is 6.10. The highest BCUT2D eigenvalue weighted by Crippen LogP contribution is 2.24. The Balaban J connectivity index is 1.79. The van der Waals surface area contributed by atoms with Crippen LogP contribution in [0.2, 0.25) is 0 Å². The van der Waals surface area contributed by atoms with Crippen LogP contribution in [0.3, 0.4) is 0 Å². The van der Waals surface area contributed by atoms with Gasteiger partial charge in [0.2, 0.25) is 5.91 Å². The smallest absolute Gasteiger partial charge is 0.322 e. The van der Waals surface area contributed by atoms with E-state index in [0.29, 0.717) is 13.1 Å². The summed E-state index contributed by atoms with van der Waals surface area (Å²) in [5, 5.41) is 2.55. The second-order valence-corrected chi connectivity index (χ2v) is 9.25. The van der Waals surface area contributed by atoms with Crippen LogP contribution in [0.15, 0.2) is 36.5 Å². The summed E-state index contributed by atoms with van der Waals surface area (Å²) in [5.74, 6) is -1.44. The lowest BCUT2D eigenvalue weighted by atomic mass is 9.94. The average molecular weight is 461 g/mol. The Morgan fingerprint density at radius 1 is 1.15 bits per heavy atom. The van der Waals surface area contributed by atoms with Crippen LogP contribution in [0.4, 0.5) is 19.3 Å². The van der Waals surface area contributed by atoms with Crippen molar-refractivity contribution in [3.05, 3.63) is 53.9 Å². The lowest BCUT2D eigenvalue weighted by Crippen LogP contribution is -2.50. The number of amides is 3. The highest BCUT2D eigenvalue weighted by atomic mass is 19.1. The van der Waals surface area contributed by atoms with Crippen molar-refractivity contribution in [3.63, 3.8) is 0 Å². The second-order valence-electron chi connectivity index (χ2n) is 9.25. The van der Waals surface area contributed by atoms with Crippen LogP contribution in [-0.2, 0) is 18.4 Å². The molecule has 0 unspecified atom stereocenters. The van der Waals surface area contributed by atoms with Gasteiger partial charge in [0, 0.05) is 37.6 Å². The van der Waals surface area contributed by atoms with Crippen molar-refractivity contribution in [1.82, 2.24) is 14.4 Å². The third-order valence-corrected chi connectivity index (χ3v) is 6.10. The number of aryl methyl sites for hydroxylation is 1. The zero-order valence-electron chi connectivity index (χ0n) is 19.7. The summed E-state index contributed by atoms with van der Waals surface area (Å²) < 4.78 is 29.4. The molecule has 8 heteroatoms. The molecule has 2 aromatic rings. The molecule has 3 amide bonds. The molecule has 0 atom stereocenters. The average Bonchev–Trinajstić information content (AvgIpc) is 3.18. The minimum absolute atomic E-state index is 0.0868. The summed E-state index contributed by atoms with van der Waals surface area (Å²) in [7, 11) is 1.94. The Kier molecular flexibility index (Phi) is 8.47. The summed E-state index contributed by atoms with van der Waals surface area (Å²) in [6.07, 6.45) is 6.59. The van der Waals surface area contributed by atoms with Crippen molar-refractivity contribution in [1.29, 1.82) is 0 Å². The van der Waals surface area contributed by atoms with E-state index in [1.54, 1.807) is 4.90 Å². The number of hydrogen-bond donors (Lipinski definition) is 1. The Bertz CT molecular complexity index is 954. The SMILES string of the molecule is CC(C)CN(Cc1cccn1C)C(=O)CN(C(=O)Nc1ccc(F)cc1F)C1CCCCC1. The van der Waals surface area contributed by atoms with Crippen molar-refractivity contribution in [2.75, 3.05) is 18.4 Å². The van der Waals surface area contributed by atoms with Crippen molar-refractivity contribution in [3.8, 4) is 0 Å². The maximum absolute atomic E-state index is 14.1. The monoisotopic (exact) mass is 460 g/mol. The molecule has 1 N–H and O–H groups in total. The van der Waals surface area contributed by atoms with Gasteiger partial charge in [-0.05, 0) is 43.0 Å². The molecule has 1 heterocycles. The van der Waals surface area contributed by atoms with Crippen molar-refractivity contribution in [2.45, 2.75) is 58.5 Å². The van der Waals surface area contributed by atoms with Gasteiger partial charge in [-0.3, -0.25) is 4.79 Å². The summed E-state index contributed by atoms with van der Waals surface area (Å²) >= 11 is 0. The molecule has 1 aromatic heterocycles. The molecule has 0 bridgehead atoms. The first-order valence-corrected chi connectivity index (χ1v) is 11.6. The molecule has 1 aliphatic rings. The molecule has 1 aromatic carbocycles. The Hall–Kier alpha value is -2.90. The molecule has 0 saturated heterocycles. The number of nitrogens with zero attached hydrogens (tertiary/aromatic N) is 3. The van der Waals surface area contributed by atoms with Gasteiger partial charge >= 0.3 is 6.03 Å². The largest absolute Gasteiger partial charge is 0.353 e. The third kappa shape index (κ3) is 6.79. The Morgan fingerprint density at radius 2 is 1.88 bits per heavy atom. The second kappa shape index (κ2) is 11.3. The van der Waals surface area contributed by atoms with Crippen molar-refractivity contribution in [2.24, 2.45) is 13.0 Å². The van der Waals surface area contributed by atoms with Crippen LogP contribution in [0.1, 0.15) is 51.6 Å². The first kappa shape index (κ1) is 24.7. The van der Waals surface area contributed by atoms with Crippen LogP contribution in [0, 0.1) is 17.6 Å². The van der Waals surface area contributed by atoms with Crippen LogP contribution < -0.4 is 5.32 Å². The molecule has 1 aliphatic carbocycles. The maximum Gasteiger partial charge on any atom is 0.322 e. The molecule has 1 saturated carbocycles. The van der Waals surface area contributed by atoms with Gasteiger partial charge in [0.25, 0.3) is 0 Å². The van der Waals surface area contributed by atoms with Crippen molar-refractivity contribution >= 4 is 17.6 Å². The highest BCUT2D eigenvalue weighted by molar-refractivity contribution is 5.92. The van der Waals surface area contributed by atoms with E-state index in [9.17, 15) is 18.4 Å². The van der Waals surface area contributed by atoms with E-state index in [1.807, 2.05) is 43.8 Å². The summed E-state index contributed by atoms with van der Waals surface area (Å²) in [6.45, 7) is 5.03. The van der Waals surface area contributed by atoms with Crippen LogP contribution >= 0.6 is 0 Å². The van der Waals surface area contributed by atoms with Gasteiger partial charge < -0.3 is 19.7 Å². The lowest BCUT2D eigenvalue weighted by molar-refractivity contribution is -0.133. The molecule has 6 nitrogen and oxygen atoms in total. The van der Waals surface area contributed by atoms with Gasteiger partial charge in [0.1, 0.15) is 18.2 Å². The molecule has 0 aliphatic heterocycles. The Morgan fingerprint density at radius 3 is 2.48 bits per heavy atom. The molecule has 180 valence electrons. The fourth-order valence-corrected chi connectivity index (χ4v) is 4.33. The first-order chi connectivity index (χ1) is 15.7. The van der Waals surface area contributed by atoms with Gasteiger partial charge in [0.05, 0.1) is 12.2 Å². The number of carbonyl (C=O) groups excluding carboxylic acids is 2. The molecule has 3 rings (SSSR count). The normalized spacial score (nSPS) is 14.4. The van der Waals surface area contributed by atoms with Gasteiger partial charge in [-0.15, -0.1) is 0 Å². The number of rotatable bonds is 8.